The molecule has 0 spiro atoms. The van der Waals surface area contributed by atoms with Crippen LogP contribution in [0.4, 0.5) is 17.2 Å². The number of hydrogen-bond donors (Lipinski definition) is 2. The highest BCUT2D eigenvalue weighted by atomic mass is 16.6. The Morgan fingerprint density at radius 2 is 2.14 bits per heavy atom. The minimum absolute atomic E-state index is 0.0110. The fourth-order valence-corrected chi connectivity index (χ4v) is 3.52. The molecule has 3 heterocycles. The van der Waals surface area contributed by atoms with Crippen molar-refractivity contribution >= 4 is 23.1 Å². The Morgan fingerprint density at radius 3 is 2.90 bits per heavy atom. The van der Waals surface area contributed by atoms with E-state index in [4.69, 9.17) is 15.5 Å². The van der Waals surface area contributed by atoms with E-state index in [1.165, 1.54) is 0 Å². The lowest BCUT2D eigenvalue weighted by Gasteiger charge is -2.16. The lowest BCUT2D eigenvalue weighted by molar-refractivity contribution is 0.0780. The number of likely N-dealkylation sites (tertiary alicyclic amines) is 1. The molecule has 9 heteroatoms. The van der Waals surface area contributed by atoms with Gasteiger partial charge in [0.25, 0.3) is 5.91 Å². The summed E-state index contributed by atoms with van der Waals surface area (Å²) >= 11 is 0. The topological polar surface area (TPSA) is 119 Å². The van der Waals surface area contributed by atoms with Gasteiger partial charge in [0.1, 0.15) is 5.75 Å². The van der Waals surface area contributed by atoms with Crippen molar-refractivity contribution < 1.29 is 14.2 Å². The number of carbonyl (C=O) groups is 1. The summed E-state index contributed by atoms with van der Waals surface area (Å²) in [4.78, 5) is 19.0. The highest BCUT2D eigenvalue weighted by Gasteiger charge is 2.31. The number of aryl methyl sites for hydroxylation is 1. The fraction of sp³-hybridized carbons (Fsp3) is 0.300. The first-order valence-corrected chi connectivity index (χ1v) is 9.30. The highest BCUT2D eigenvalue weighted by molar-refractivity contribution is 5.96. The predicted molar refractivity (Wildman–Crippen MR) is 107 cm³/mol. The maximum Gasteiger partial charge on any atom is 0.280 e. The van der Waals surface area contributed by atoms with Crippen LogP contribution in [-0.2, 0) is 0 Å². The van der Waals surface area contributed by atoms with Gasteiger partial charge in [-0.05, 0) is 47.9 Å². The van der Waals surface area contributed by atoms with Gasteiger partial charge in [0.15, 0.2) is 0 Å². The van der Waals surface area contributed by atoms with E-state index in [1.807, 2.05) is 43.3 Å². The number of carbonyl (C=O) groups excluding carboxylic acids is 1. The predicted octanol–water partition coefficient (Wildman–Crippen LogP) is 2.74. The summed E-state index contributed by atoms with van der Waals surface area (Å²) in [5.41, 5.74) is 9.42. The lowest BCUT2D eigenvalue weighted by atomic mass is 10.0. The van der Waals surface area contributed by atoms with Crippen molar-refractivity contribution in [1.82, 2.24) is 20.2 Å². The fourth-order valence-electron chi connectivity index (χ4n) is 3.52. The van der Waals surface area contributed by atoms with E-state index in [2.05, 4.69) is 20.3 Å². The standard InChI is InChI=1S/C20H22N6O3/c1-12-8-15(23-14-4-3-5-16(9-14)28-2)10-17(22-12)13-6-7-26(11-13)20(27)18-19(21)25-29-24-18/h3-5,8-10,13H,6-7,11H2,1-2H3,(H2,21,25)(H,22,23). The second-order valence-corrected chi connectivity index (χ2v) is 7.01. The van der Waals surface area contributed by atoms with Gasteiger partial charge >= 0.3 is 0 Å². The van der Waals surface area contributed by atoms with Crippen LogP contribution in [0.5, 0.6) is 5.75 Å². The van der Waals surface area contributed by atoms with E-state index in [1.54, 1.807) is 12.0 Å². The maximum absolute atomic E-state index is 12.6. The molecule has 0 saturated carbocycles. The van der Waals surface area contributed by atoms with Gasteiger partial charge in [-0.1, -0.05) is 6.07 Å². The zero-order chi connectivity index (χ0) is 20.4. The molecule has 9 nitrogen and oxygen atoms in total. The minimum Gasteiger partial charge on any atom is -0.497 e. The molecule has 3 N–H and O–H groups in total. The van der Waals surface area contributed by atoms with E-state index in [-0.39, 0.29) is 23.3 Å². The summed E-state index contributed by atoms with van der Waals surface area (Å²) in [7, 11) is 1.64. The molecule has 3 aromatic rings. The molecule has 150 valence electrons. The zero-order valence-corrected chi connectivity index (χ0v) is 16.3. The third kappa shape index (κ3) is 3.98. The normalized spacial score (nSPS) is 16.1. The molecule has 1 aromatic carbocycles. The van der Waals surface area contributed by atoms with Crippen molar-refractivity contribution in [3.8, 4) is 5.75 Å². The Hall–Kier alpha value is -3.62. The first kappa shape index (κ1) is 18.7. The SMILES string of the molecule is COc1cccc(Nc2cc(C)nc(C3CCN(C(=O)c4nonc4N)C3)c2)c1. The Morgan fingerprint density at radius 1 is 1.28 bits per heavy atom. The molecule has 1 atom stereocenters. The first-order valence-electron chi connectivity index (χ1n) is 9.30. The van der Waals surface area contributed by atoms with Gasteiger partial charge in [0.2, 0.25) is 11.5 Å². The third-order valence-electron chi connectivity index (χ3n) is 4.94. The van der Waals surface area contributed by atoms with E-state index >= 15 is 0 Å². The lowest BCUT2D eigenvalue weighted by Crippen LogP contribution is -2.29. The Bertz CT molecular complexity index is 1030. The van der Waals surface area contributed by atoms with Gasteiger partial charge in [-0.3, -0.25) is 9.78 Å². The van der Waals surface area contributed by atoms with Gasteiger partial charge in [0, 0.05) is 47.8 Å². The Labute approximate surface area is 167 Å². The van der Waals surface area contributed by atoms with Crippen LogP contribution < -0.4 is 15.8 Å². The number of nitrogens with two attached hydrogens (primary N) is 1. The molecule has 1 aliphatic heterocycles. The number of ether oxygens (including phenoxy) is 1. The largest absolute Gasteiger partial charge is 0.497 e. The summed E-state index contributed by atoms with van der Waals surface area (Å²) in [6.07, 6.45) is 0.811. The van der Waals surface area contributed by atoms with Crippen molar-refractivity contribution in [2.45, 2.75) is 19.3 Å². The summed E-state index contributed by atoms with van der Waals surface area (Å²) < 4.78 is 9.82. The zero-order valence-electron chi connectivity index (χ0n) is 16.3. The van der Waals surface area contributed by atoms with Gasteiger partial charge in [-0.25, -0.2) is 4.63 Å². The van der Waals surface area contributed by atoms with Crippen molar-refractivity contribution in [2.75, 3.05) is 31.2 Å². The molecule has 4 rings (SSSR count). The summed E-state index contributed by atoms with van der Waals surface area (Å²) in [6.45, 7) is 3.10. The number of benzene rings is 1. The Kier molecular flexibility index (Phi) is 5.03. The molecule has 29 heavy (non-hydrogen) atoms. The molecular formula is C20H22N6O3. The number of aromatic nitrogens is 3. The summed E-state index contributed by atoms with van der Waals surface area (Å²) in [6, 6.07) is 11.8. The number of rotatable bonds is 5. The minimum atomic E-state index is -0.270. The summed E-state index contributed by atoms with van der Waals surface area (Å²) in [5, 5.41) is 10.5. The highest BCUT2D eigenvalue weighted by Crippen LogP contribution is 2.30. The molecule has 1 aliphatic rings. The second kappa shape index (κ2) is 7.78. The van der Waals surface area contributed by atoms with Crippen LogP contribution >= 0.6 is 0 Å². The number of nitrogen functional groups attached to an aromatic ring is 1. The maximum atomic E-state index is 12.6. The summed E-state index contributed by atoms with van der Waals surface area (Å²) in [5.74, 6) is 0.656. The molecule has 1 fully saturated rings. The smallest absolute Gasteiger partial charge is 0.280 e. The molecule has 2 aromatic heterocycles. The third-order valence-corrected chi connectivity index (χ3v) is 4.94. The van der Waals surface area contributed by atoms with E-state index < -0.39 is 0 Å². The van der Waals surface area contributed by atoms with Crippen LogP contribution in [0.15, 0.2) is 41.0 Å². The van der Waals surface area contributed by atoms with Crippen LogP contribution in [0.1, 0.15) is 34.2 Å². The number of amides is 1. The molecule has 1 saturated heterocycles. The molecular weight excluding hydrogens is 372 g/mol. The molecule has 0 radical (unpaired) electrons. The monoisotopic (exact) mass is 394 g/mol. The number of nitrogens with one attached hydrogen (secondary N) is 1. The molecule has 0 bridgehead atoms. The van der Waals surface area contributed by atoms with E-state index in [9.17, 15) is 4.79 Å². The van der Waals surface area contributed by atoms with Gasteiger partial charge in [-0.2, -0.15) is 0 Å². The molecule has 1 unspecified atom stereocenters. The number of hydrogen-bond acceptors (Lipinski definition) is 8. The van der Waals surface area contributed by atoms with Crippen LogP contribution in [0.2, 0.25) is 0 Å². The van der Waals surface area contributed by atoms with Crippen molar-refractivity contribution in [1.29, 1.82) is 0 Å². The van der Waals surface area contributed by atoms with Crippen LogP contribution in [0, 0.1) is 6.92 Å². The van der Waals surface area contributed by atoms with Gasteiger partial charge < -0.3 is 20.7 Å². The van der Waals surface area contributed by atoms with Crippen LogP contribution in [0.25, 0.3) is 0 Å². The van der Waals surface area contributed by atoms with Crippen LogP contribution in [0.3, 0.4) is 0 Å². The van der Waals surface area contributed by atoms with E-state index in [0.29, 0.717) is 13.1 Å². The quantitative estimate of drug-likeness (QED) is 0.678. The van der Waals surface area contributed by atoms with Gasteiger partial charge in [0.05, 0.1) is 7.11 Å². The molecule has 0 aliphatic carbocycles. The van der Waals surface area contributed by atoms with Crippen molar-refractivity contribution in [3.05, 3.63) is 53.5 Å². The van der Waals surface area contributed by atoms with Crippen molar-refractivity contribution in [2.24, 2.45) is 0 Å². The first-order chi connectivity index (χ1) is 14.0. The number of anilines is 3. The second-order valence-electron chi connectivity index (χ2n) is 7.01. The average Bonchev–Trinajstić information content (AvgIpc) is 3.36. The molecule has 1 amide bonds. The van der Waals surface area contributed by atoms with Crippen LogP contribution in [-0.4, -0.2) is 46.3 Å². The average molecular weight is 394 g/mol. The number of pyridine rings is 1. The Balaban J connectivity index is 1.50. The van der Waals surface area contributed by atoms with Crippen molar-refractivity contribution in [3.63, 3.8) is 0 Å². The van der Waals surface area contributed by atoms with E-state index in [0.717, 1.165) is 34.9 Å². The number of methoxy groups -OCH3 is 1. The number of nitrogens with zero attached hydrogens (tertiary/aromatic N) is 4. The van der Waals surface area contributed by atoms with Gasteiger partial charge in [-0.15, -0.1) is 0 Å².